The van der Waals surface area contributed by atoms with Gasteiger partial charge in [-0.25, -0.2) is 0 Å². The van der Waals surface area contributed by atoms with E-state index in [1.807, 2.05) is 36.4 Å². The number of ether oxygens (including phenoxy) is 1. The Morgan fingerprint density at radius 3 is 2.95 bits per heavy atom. The summed E-state index contributed by atoms with van der Waals surface area (Å²) in [6.07, 6.45) is 5.28. The molecule has 2 aromatic carbocycles. The predicted octanol–water partition coefficient (Wildman–Crippen LogP) is 2.64. The number of hydrogen-bond acceptors (Lipinski definition) is 4. The van der Waals surface area contributed by atoms with Crippen molar-refractivity contribution in [1.29, 1.82) is 0 Å². The minimum absolute atomic E-state index is 0.125. The van der Waals surface area contributed by atoms with Crippen molar-refractivity contribution in [2.75, 3.05) is 12.4 Å². The molecule has 0 saturated carbocycles. The van der Waals surface area contributed by atoms with E-state index in [1.54, 1.807) is 11.8 Å². The molecule has 4 nitrogen and oxygen atoms in total. The molecule has 2 atom stereocenters. The maximum Gasteiger partial charge on any atom is 0.321 e. The third-order valence-corrected chi connectivity index (χ3v) is 4.81. The Bertz CT molecular complexity index is 753. The molecule has 1 aliphatic rings. The maximum atomic E-state index is 11.2. The minimum Gasteiger partial charge on any atom is -0.481 e. The largest absolute Gasteiger partial charge is 0.481 e. The lowest BCUT2D eigenvalue weighted by Crippen LogP contribution is -2.33. The van der Waals surface area contributed by atoms with Crippen LogP contribution in [-0.4, -0.2) is 29.5 Å². The van der Waals surface area contributed by atoms with Crippen molar-refractivity contribution in [3.63, 3.8) is 0 Å². The summed E-state index contributed by atoms with van der Waals surface area (Å²) in [7, 11) is 0. The molecule has 0 aromatic heterocycles. The molecular weight excluding hydrogens is 298 g/mol. The van der Waals surface area contributed by atoms with Crippen LogP contribution in [0.15, 0.2) is 36.4 Å². The molecular formula is C17H15NO3S. The van der Waals surface area contributed by atoms with Gasteiger partial charge in [0.25, 0.3) is 0 Å². The van der Waals surface area contributed by atoms with E-state index in [0.717, 1.165) is 16.3 Å². The van der Waals surface area contributed by atoms with Crippen LogP contribution >= 0.6 is 11.8 Å². The average molecular weight is 313 g/mol. The minimum atomic E-state index is -0.832. The maximum absolute atomic E-state index is 11.2. The molecule has 1 fully saturated rings. The van der Waals surface area contributed by atoms with E-state index in [4.69, 9.17) is 16.3 Å². The highest BCUT2D eigenvalue weighted by Crippen LogP contribution is 2.41. The van der Waals surface area contributed by atoms with Crippen molar-refractivity contribution in [3.05, 3.63) is 42.0 Å². The predicted molar refractivity (Wildman–Crippen MR) is 88.0 cm³/mol. The molecule has 0 radical (unpaired) electrons. The number of rotatable bonds is 4. The van der Waals surface area contributed by atoms with Crippen LogP contribution in [0.5, 0.6) is 5.75 Å². The zero-order valence-electron chi connectivity index (χ0n) is 11.8. The quantitative estimate of drug-likeness (QED) is 0.850. The number of carbonyl (C=O) groups is 1. The van der Waals surface area contributed by atoms with Crippen LogP contribution in [-0.2, 0) is 4.79 Å². The third-order valence-electron chi connectivity index (χ3n) is 3.58. The van der Waals surface area contributed by atoms with Gasteiger partial charge < -0.3 is 9.84 Å². The summed E-state index contributed by atoms with van der Waals surface area (Å²) < 4.78 is 5.67. The van der Waals surface area contributed by atoms with Gasteiger partial charge in [0.1, 0.15) is 18.4 Å². The number of fused-ring (bicyclic) bond motifs is 1. The van der Waals surface area contributed by atoms with Gasteiger partial charge in [-0.05, 0) is 16.8 Å². The molecule has 2 N–H and O–H groups in total. The Kier molecular flexibility index (Phi) is 4.23. The Balaban J connectivity index is 2.05. The molecule has 1 aliphatic heterocycles. The Labute approximate surface area is 132 Å². The molecule has 0 unspecified atom stereocenters. The van der Waals surface area contributed by atoms with Crippen LogP contribution in [0.1, 0.15) is 10.9 Å². The van der Waals surface area contributed by atoms with Crippen molar-refractivity contribution in [3.8, 4) is 18.1 Å². The van der Waals surface area contributed by atoms with Gasteiger partial charge in [-0.15, -0.1) is 18.2 Å². The highest BCUT2D eigenvalue weighted by atomic mass is 32.2. The number of carboxylic acids is 1. The number of hydrogen-bond donors (Lipinski definition) is 2. The first-order chi connectivity index (χ1) is 10.7. The highest BCUT2D eigenvalue weighted by Gasteiger charge is 2.32. The molecule has 0 aliphatic carbocycles. The molecule has 112 valence electrons. The summed E-state index contributed by atoms with van der Waals surface area (Å²) in [5.41, 5.74) is 0.960. The van der Waals surface area contributed by atoms with Crippen LogP contribution in [0.3, 0.4) is 0 Å². The number of aliphatic carboxylic acids is 1. The third kappa shape index (κ3) is 2.76. The van der Waals surface area contributed by atoms with Crippen molar-refractivity contribution in [2.45, 2.75) is 11.4 Å². The summed E-state index contributed by atoms with van der Waals surface area (Å²) in [6.45, 7) is 0.186. The van der Waals surface area contributed by atoms with E-state index in [9.17, 15) is 4.79 Å². The van der Waals surface area contributed by atoms with Gasteiger partial charge in [0, 0.05) is 11.3 Å². The van der Waals surface area contributed by atoms with Crippen LogP contribution in [0.25, 0.3) is 10.8 Å². The zero-order chi connectivity index (χ0) is 15.5. The lowest BCUT2D eigenvalue weighted by atomic mass is 10.0. The van der Waals surface area contributed by atoms with E-state index >= 15 is 0 Å². The number of carboxylic acid groups (broad SMARTS) is 1. The molecule has 2 aromatic rings. The van der Waals surface area contributed by atoms with Gasteiger partial charge in [-0.2, -0.15) is 0 Å². The van der Waals surface area contributed by atoms with E-state index < -0.39 is 12.0 Å². The second-order valence-corrected chi connectivity index (χ2v) is 6.10. The van der Waals surface area contributed by atoms with Gasteiger partial charge in [-0.3, -0.25) is 10.1 Å². The highest BCUT2D eigenvalue weighted by molar-refractivity contribution is 7.99. The lowest BCUT2D eigenvalue weighted by Gasteiger charge is -2.18. The molecule has 1 heterocycles. The standard InChI is InChI=1S/C17H15NO3S/c1-2-9-21-14-8-7-11-5-3-4-6-12(11)15(14)16-18-13(10-22-16)17(19)20/h1,3-8,13,16,18H,9-10H2,(H,19,20)/t13-,16-/m1/s1. The SMILES string of the molecule is C#CCOc1ccc2ccccc2c1[C@@H]1N[C@@H](C(=O)O)CS1. The summed E-state index contributed by atoms with van der Waals surface area (Å²) in [4.78, 5) is 11.2. The van der Waals surface area contributed by atoms with Crippen molar-refractivity contribution < 1.29 is 14.6 Å². The van der Waals surface area contributed by atoms with Crippen LogP contribution in [0, 0.1) is 12.3 Å². The van der Waals surface area contributed by atoms with E-state index in [0.29, 0.717) is 11.5 Å². The molecule has 1 saturated heterocycles. The summed E-state index contributed by atoms with van der Waals surface area (Å²) in [6, 6.07) is 11.3. The normalized spacial score (nSPS) is 20.7. The molecule has 0 bridgehead atoms. The topological polar surface area (TPSA) is 58.6 Å². The number of nitrogens with one attached hydrogen (secondary N) is 1. The summed E-state index contributed by atoms with van der Waals surface area (Å²) in [5, 5.41) is 14.3. The molecule has 22 heavy (non-hydrogen) atoms. The fourth-order valence-corrected chi connectivity index (χ4v) is 3.87. The molecule has 3 rings (SSSR count). The first-order valence-corrected chi connectivity index (χ1v) is 7.94. The van der Waals surface area contributed by atoms with Crippen LogP contribution in [0.4, 0.5) is 0 Å². The van der Waals surface area contributed by atoms with Crippen molar-refractivity contribution in [2.24, 2.45) is 0 Å². The average Bonchev–Trinajstić information content (AvgIpc) is 3.02. The van der Waals surface area contributed by atoms with Gasteiger partial charge in [0.15, 0.2) is 0 Å². The fourth-order valence-electron chi connectivity index (χ4n) is 2.57. The van der Waals surface area contributed by atoms with Crippen molar-refractivity contribution >= 4 is 28.5 Å². The number of terminal acetylenes is 1. The summed E-state index contributed by atoms with van der Waals surface area (Å²) in [5.74, 6) is 2.86. The van der Waals surface area contributed by atoms with Gasteiger partial charge in [-0.1, -0.05) is 36.3 Å². The Morgan fingerprint density at radius 2 is 2.23 bits per heavy atom. The van der Waals surface area contributed by atoms with Gasteiger partial charge in [0.05, 0.1) is 5.37 Å². The van der Waals surface area contributed by atoms with Crippen LogP contribution in [0.2, 0.25) is 0 Å². The second-order valence-electron chi connectivity index (χ2n) is 4.96. The molecule has 0 spiro atoms. The fraction of sp³-hybridized carbons (Fsp3) is 0.235. The number of benzene rings is 2. The summed E-state index contributed by atoms with van der Waals surface area (Å²) >= 11 is 1.57. The van der Waals surface area contributed by atoms with Gasteiger partial charge in [0.2, 0.25) is 0 Å². The molecule has 5 heteroatoms. The monoisotopic (exact) mass is 313 g/mol. The smallest absolute Gasteiger partial charge is 0.321 e. The van der Waals surface area contributed by atoms with Gasteiger partial charge >= 0.3 is 5.97 Å². The van der Waals surface area contributed by atoms with E-state index in [-0.39, 0.29) is 12.0 Å². The lowest BCUT2D eigenvalue weighted by molar-refractivity contribution is -0.138. The van der Waals surface area contributed by atoms with E-state index in [1.165, 1.54) is 0 Å². The first kappa shape index (κ1) is 14.8. The zero-order valence-corrected chi connectivity index (χ0v) is 12.6. The number of thioether (sulfide) groups is 1. The van der Waals surface area contributed by atoms with E-state index in [2.05, 4.69) is 11.2 Å². The first-order valence-electron chi connectivity index (χ1n) is 6.89. The van der Waals surface area contributed by atoms with Crippen molar-refractivity contribution in [1.82, 2.24) is 5.32 Å². The Morgan fingerprint density at radius 1 is 1.41 bits per heavy atom. The Hall–Kier alpha value is -2.16. The molecule has 0 amide bonds. The second kappa shape index (κ2) is 6.30. The van der Waals surface area contributed by atoms with Crippen LogP contribution < -0.4 is 10.1 Å².